The summed E-state index contributed by atoms with van der Waals surface area (Å²) in [7, 11) is 0. The Morgan fingerprint density at radius 3 is 2.77 bits per heavy atom. The van der Waals surface area contributed by atoms with E-state index in [4.69, 9.17) is 10.8 Å². The Morgan fingerprint density at radius 1 is 1.69 bits per heavy atom. The summed E-state index contributed by atoms with van der Waals surface area (Å²) in [4.78, 5) is 27.5. The molecule has 0 fully saturated rings. The zero-order valence-corrected chi connectivity index (χ0v) is 6.94. The second kappa shape index (κ2) is 3.26. The van der Waals surface area contributed by atoms with Crippen molar-refractivity contribution in [3.8, 4) is 0 Å². The number of nitrogens with one attached hydrogen (secondary N) is 1. The van der Waals surface area contributed by atoms with E-state index in [9.17, 15) is 9.59 Å². The lowest BCUT2D eigenvalue weighted by Gasteiger charge is -2.03. The molecule has 0 radical (unpaired) electrons. The Morgan fingerprint density at radius 2 is 2.31 bits per heavy atom. The number of rotatable bonds is 3. The number of aliphatic carboxylic acids is 1. The summed E-state index contributed by atoms with van der Waals surface area (Å²) in [5.41, 5.74) is 5.20. The molecular formula is C7H9N3O3. The molecule has 1 aromatic heterocycles. The molecule has 0 spiro atoms. The number of amides is 1. The molecule has 1 aromatic rings. The smallest absolute Gasteiger partial charge is 0.312 e. The van der Waals surface area contributed by atoms with Crippen molar-refractivity contribution in [3.05, 3.63) is 17.7 Å². The van der Waals surface area contributed by atoms with E-state index in [0.717, 1.165) is 0 Å². The minimum absolute atomic E-state index is 0.0186. The van der Waals surface area contributed by atoms with Gasteiger partial charge in [-0.25, -0.2) is 4.98 Å². The van der Waals surface area contributed by atoms with Gasteiger partial charge in [0.15, 0.2) is 0 Å². The molecular weight excluding hydrogens is 174 g/mol. The molecule has 0 saturated carbocycles. The van der Waals surface area contributed by atoms with Crippen LogP contribution in [-0.2, 0) is 4.79 Å². The summed E-state index contributed by atoms with van der Waals surface area (Å²) in [6.45, 7) is 1.45. The number of hydrogen-bond donors (Lipinski definition) is 3. The molecule has 6 nitrogen and oxygen atoms in total. The zero-order valence-electron chi connectivity index (χ0n) is 6.94. The Kier molecular flexibility index (Phi) is 2.32. The van der Waals surface area contributed by atoms with Crippen molar-refractivity contribution in [1.82, 2.24) is 9.97 Å². The van der Waals surface area contributed by atoms with E-state index in [1.807, 2.05) is 0 Å². The predicted molar refractivity (Wildman–Crippen MR) is 43.2 cm³/mol. The van der Waals surface area contributed by atoms with Crippen LogP contribution < -0.4 is 5.73 Å². The quantitative estimate of drug-likeness (QED) is 0.597. The first-order chi connectivity index (χ1) is 6.04. The summed E-state index contributed by atoms with van der Waals surface area (Å²) in [5, 5.41) is 8.66. The minimum atomic E-state index is -1.04. The molecule has 6 heteroatoms. The number of aromatic amines is 1. The molecule has 0 saturated heterocycles. The van der Waals surface area contributed by atoms with E-state index in [-0.39, 0.29) is 11.4 Å². The van der Waals surface area contributed by atoms with E-state index in [2.05, 4.69) is 9.97 Å². The average Bonchev–Trinajstić information content (AvgIpc) is 2.50. The van der Waals surface area contributed by atoms with Gasteiger partial charge in [0.1, 0.15) is 5.69 Å². The topological polar surface area (TPSA) is 109 Å². The second-order valence-electron chi connectivity index (χ2n) is 2.59. The SMILES string of the molecule is CC(C(=O)O)c1[nH]cnc1C(N)=O. The molecule has 1 unspecified atom stereocenters. The van der Waals surface area contributed by atoms with Crippen molar-refractivity contribution in [2.24, 2.45) is 5.73 Å². The third-order valence-electron chi connectivity index (χ3n) is 1.71. The Balaban J connectivity index is 3.07. The third-order valence-corrected chi connectivity index (χ3v) is 1.71. The minimum Gasteiger partial charge on any atom is -0.481 e. The standard InChI is InChI=1S/C7H9N3O3/c1-3(7(12)13)4-5(6(8)11)10-2-9-4/h2-3H,1H3,(H2,8,11)(H,9,10)(H,12,13). The van der Waals surface area contributed by atoms with Crippen LogP contribution in [0.4, 0.5) is 0 Å². The van der Waals surface area contributed by atoms with Gasteiger partial charge in [0.25, 0.3) is 5.91 Å². The van der Waals surface area contributed by atoms with Crippen LogP contribution in [0.25, 0.3) is 0 Å². The molecule has 0 aliphatic carbocycles. The van der Waals surface area contributed by atoms with Crippen molar-refractivity contribution in [3.63, 3.8) is 0 Å². The first-order valence-corrected chi connectivity index (χ1v) is 3.60. The molecule has 13 heavy (non-hydrogen) atoms. The molecule has 1 rings (SSSR count). The normalized spacial score (nSPS) is 12.4. The average molecular weight is 183 g/mol. The van der Waals surface area contributed by atoms with Crippen molar-refractivity contribution in [2.75, 3.05) is 0 Å². The Bertz CT molecular complexity index is 345. The summed E-state index contributed by atoms with van der Waals surface area (Å²) in [5.74, 6) is -2.58. The van der Waals surface area contributed by atoms with Crippen LogP contribution in [0, 0.1) is 0 Å². The highest BCUT2D eigenvalue weighted by Crippen LogP contribution is 2.15. The van der Waals surface area contributed by atoms with Crippen molar-refractivity contribution < 1.29 is 14.7 Å². The van der Waals surface area contributed by atoms with Gasteiger partial charge < -0.3 is 15.8 Å². The van der Waals surface area contributed by atoms with Crippen LogP contribution in [0.3, 0.4) is 0 Å². The van der Waals surface area contributed by atoms with Crippen LogP contribution >= 0.6 is 0 Å². The van der Waals surface area contributed by atoms with Crippen LogP contribution in [0.15, 0.2) is 6.33 Å². The zero-order chi connectivity index (χ0) is 10.0. The maximum absolute atomic E-state index is 10.8. The number of carboxylic acids is 1. The van der Waals surface area contributed by atoms with Gasteiger partial charge in [0.05, 0.1) is 17.9 Å². The van der Waals surface area contributed by atoms with Gasteiger partial charge >= 0.3 is 5.97 Å². The highest BCUT2D eigenvalue weighted by molar-refractivity contribution is 5.93. The van der Waals surface area contributed by atoms with Gasteiger partial charge in [-0.15, -0.1) is 0 Å². The number of imidazole rings is 1. The van der Waals surface area contributed by atoms with E-state index in [1.165, 1.54) is 13.3 Å². The molecule has 70 valence electrons. The fraction of sp³-hybridized carbons (Fsp3) is 0.286. The lowest BCUT2D eigenvalue weighted by molar-refractivity contribution is -0.138. The van der Waals surface area contributed by atoms with Gasteiger partial charge in [0.2, 0.25) is 0 Å². The lowest BCUT2D eigenvalue weighted by atomic mass is 10.1. The number of carbonyl (C=O) groups excluding carboxylic acids is 1. The van der Waals surface area contributed by atoms with Crippen molar-refractivity contribution in [2.45, 2.75) is 12.8 Å². The van der Waals surface area contributed by atoms with Crippen LogP contribution in [0.2, 0.25) is 0 Å². The lowest BCUT2D eigenvalue weighted by Crippen LogP contribution is -2.17. The molecule has 1 amide bonds. The van der Waals surface area contributed by atoms with E-state index >= 15 is 0 Å². The molecule has 0 aliphatic heterocycles. The number of hydrogen-bond acceptors (Lipinski definition) is 3. The molecule has 0 bridgehead atoms. The largest absolute Gasteiger partial charge is 0.481 e. The summed E-state index contributed by atoms with van der Waals surface area (Å²) in [6.07, 6.45) is 1.24. The van der Waals surface area contributed by atoms with Crippen LogP contribution in [0.5, 0.6) is 0 Å². The highest BCUT2D eigenvalue weighted by Gasteiger charge is 2.21. The van der Waals surface area contributed by atoms with Gasteiger partial charge in [-0.1, -0.05) is 0 Å². The van der Waals surface area contributed by atoms with Gasteiger partial charge in [-0.05, 0) is 6.92 Å². The van der Waals surface area contributed by atoms with E-state index in [1.54, 1.807) is 0 Å². The number of carboxylic acid groups (broad SMARTS) is 1. The number of H-pyrrole nitrogens is 1. The number of nitrogens with zero attached hydrogens (tertiary/aromatic N) is 1. The van der Waals surface area contributed by atoms with Crippen LogP contribution in [-0.4, -0.2) is 27.0 Å². The van der Waals surface area contributed by atoms with E-state index in [0.29, 0.717) is 0 Å². The van der Waals surface area contributed by atoms with Gasteiger partial charge in [-0.3, -0.25) is 9.59 Å². The predicted octanol–water partition coefficient (Wildman–Crippen LogP) is -0.303. The fourth-order valence-corrected chi connectivity index (χ4v) is 0.954. The highest BCUT2D eigenvalue weighted by atomic mass is 16.4. The monoisotopic (exact) mass is 183 g/mol. The first-order valence-electron chi connectivity index (χ1n) is 3.60. The number of primary amides is 1. The Hall–Kier alpha value is -1.85. The maximum Gasteiger partial charge on any atom is 0.312 e. The second-order valence-corrected chi connectivity index (χ2v) is 2.59. The number of aromatic nitrogens is 2. The summed E-state index contributed by atoms with van der Waals surface area (Å²) in [6, 6.07) is 0. The third kappa shape index (κ3) is 1.66. The molecule has 0 aliphatic rings. The first kappa shape index (κ1) is 9.24. The number of carbonyl (C=O) groups is 2. The van der Waals surface area contributed by atoms with Crippen molar-refractivity contribution in [1.29, 1.82) is 0 Å². The molecule has 0 aromatic carbocycles. The fourth-order valence-electron chi connectivity index (χ4n) is 0.954. The van der Waals surface area contributed by atoms with E-state index < -0.39 is 17.8 Å². The summed E-state index contributed by atoms with van der Waals surface area (Å²) >= 11 is 0. The van der Waals surface area contributed by atoms with Gasteiger partial charge in [-0.2, -0.15) is 0 Å². The molecule has 1 heterocycles. The maximum atomic E-state index is 10.8. The Labute approximate surface area is 73.8 Å². The number of nitrogens with two attached hydrogens (primary N) is 1. The van der Waals surface area contributed by atoms with Crippen molar-refractivity contribution >= 4 is 11.9 Å². The van der Waals surface area contributed by atoms with Crippen LogP contribution in [0.1, 0.15) is 29.0 Å². The molecule has 4 N–H and O–H groups in total. The molecule has 1 atom stereocenters. The van der Waals surface area contributed by atoms with Gasteiger partial charge in [0, 0.05) is 0 Å². The summed E-state index contributed by atoms with van der Waals surface area (Å²) < 4.78 is 0.